The molecule has 0 amide bonds. The van der Waals surface area contributed by atoms with Crippen LogP contribution in [0, 0.1) is 0 Å². The van der Waals surface area contributed by atoms with Crippen molar-refractivity contribution in [1.29, 1.82) is 0 Å². The normalized spacial score (nSPS) is 10.3. The predicted molar refractivity (Wildman–Crippen MR) is 79.5 cm³/mol. The zero-order valence-corrected chi connectivity index (χ0v) is 12.3. The minimum absolute atomic E-state index is 0.0405. The molecule has 20 heavy (non-hydrogen) atoms. The Bertz CT molecular complexity index is 614. The average molecular weight is 288 g/mol. The van der Waals surface area contributed by atoms with Crippen LogP contribution in [0.4, 0.5) is 0 Å². The van der Waals surface area contributed by atoms with E-state index in [-0.39, 0.29) is 5.78 Å². The minimum Gasteiger partial charge on any atom is -0.465 e. The number of hydrogen-bond acceptors (Lipinski definition) is 4. The maximum atomic E-state index is 12.4. The van der Waals surface area contributed by atoms with Crippen LogP contribution in [0.2, 0.25) is 0 Å². The van der Waals surface area contributed by atoms with Crippen LogP contribution in [0.25, 0.3) is 0 Å². The number of carbonyl (C=O) groups excluding carboxylic acids is 2. The van der Waals surface area contributed by atoms with E-state index in [0.29, 0.717) is 16.9 Å². The number of Topliss-reactive ketones (excluding diaryl/α,β-unsaturated/α-hetero) is 1. The van der Waals surface area contributed by atoms with Gasteiger partial charge in [0.15, 0.2) is 5.78 Å². The minimum atomic E-state index is -0.447. The van der Waals surface area contributed by atoms with E-state index in [1.54, 1.807) is 6.07 Å². The van der Waals surface area contributed by atoms with Crippen LogP contribution in [0.1, 0.15) is 37.4 Å². The lowest BCUT2D eigenvalue weighted by atomic mass is 10.1. The summed E-state index contributed by atoms with van der Waals surface area (Å²) < 4.78 is 4.75. The first-order valence-electron chi connectivity index (χ1n) is 6.43. The fourth-order valence-corrected chi connectivity index (χ4v) is 2.97. The Hall–Kier alpha value is -1.94. The maximum absolute atomic E-state index is 12.4. The Morgan fingerprint density at radius 3 is 2.50 bits per heavy atom. The van der Waals surface area contributed by atoms with Gasteiger partial charge < -0.3 is 4.74 Å². The van der Waals surface area contributed by atoms with Crippen LogP contribution in [-0.4, -0.2) is 18.9 Å². The third-order valence-corrected chi connectivity index (χ3v) is 4.32. The highest BCUT2D eigenvalue weighted by Gasteiger charge is 2.21. The molecule has 2 rings (SSSR count). The molecule has 0 atom stereocenters. The standard InChI is InChI=1S/C16H16O3S/c1-3-12-10-13(16(18)19-2)15(20-12)14(17)9-11-7-5-4-6-8-11/h4-8,10H,3,9H2,1-2H3. The van der Waals surface area contributed by atoms with Crippen molar-refractivity contribution in [2.24, 2.45) is 0 Å². The number of ketones is 1. The second-order valence-corrected chi connectivity index (χ2v) is 5.52. The topological polar surface area (TPSA) is 43.4 Å². The quantitative estimate of drug-likeness (QED) is 0.624. The van der Waals surface area contributed by atoms with Gasteiger partial charge in [0.2, 0.25) is 0 Å². The number of benzene rings is 1. The van der Waals surface area contributed by atoms with Crippen LogP contribution < -0.4 is 0 Å². The van der Waals surface area contributed by atoms with Gasteiger partial charge in [0, 0.05) is 11.3 Å². The molecule has 0 aliphatic heterocycles. The highest BCUT2D eigenvalue weighted by molar-refractivity contribution is 7.14. The third-order valence-electron chi connectivity index (χ3n) is 3.00. The van der Waals surface area contributed by atoms with E-state index in [2.05, 4.69) is 0 Å². The Labute approximate surface area is 122 Å². The van der Waals surface area contributed by atoms with E-state index in [1.165, 1.54) is 18.4 Å². The summed E-state index contributed by atoms with van der Waals surface area (Å²) in [6, 6.07) is 11.3. The van der Waals surface area contributed by atoms with E-state index in [1.807, 2.05) is 37.3 Å². The predicted octanol–water partition coefficient (Wildman–Crippen LogP) is 3.52. The number of ether oxygens (including phenoxy) is 1. The lowest BCUT2D eigenvalue weighted by Crippen LogP contribution is -2.09. The molecular weight excluding hydrogens is 272 g/mol. The van der Waals surface area contributed by atoms with Crippen molar-refractivity contribution in [3.63, 3.8) is 0 Å². The molecule has 1 heterocycles. The van der Waals surface area contributed by atoms with Crippen molar-refractivity contribution >= 4 is 23.1 Å². The molecule has 0 fully saturated rings. The van der Waals surface area contributed by atoms with Crippen LogP contribution in [-0.2, 0) is 17.6 Å². The Morgan fingerprint density at radius 1 is 1.20 bits per heavy atom. The number of esters is 1. The van der Waals surface area contributed by atoms with Crippen LogP contribution in [0.3, 0.4) is 0 Å². The maximum Gasteiger partial charge on any atom is 0.339 e. The number of hydrogen-bond donors (Lipinski definition) is 0. The van der Waals surface area contributed by atoms with Gasteiger partial charge in [-0.15, -0.1) is 11.3 Å². The summed E-state index contributed by atoms with van der Waals surface area (Å²) in [5.74, 6) is -0.487. The first kappa shape index (κ1) is 14.5. The van der Waals surface area contributed by atoms with Crippen molar-refractivity contribution < 1.29 is 14.3 Å². The molecule has 4 heteroatoms. The number of thiophene rings is 1. The molecule has 0 aliphatic carbocycles. The number of aryl methyl sites for hydroxylation is 1. The van der Waals surface area contributed by atoms with Gasteiger partial charge in [-0.05, 0) is 18.1 Å². The first-order chi connectivity index (χ1) is 9.65. The summed E-state index contributed by atoms with van der Waals surface area (Å²) in [4.78, 5) is 25.7. The molecule has 3 nitrogen and oxygen atoms in total. The summed E-state index contributed by atoms with van der Waals surface area (Å²) in [5.41, 5.74) is 1.33. The second kappa shape index (κ2) is 6.48. The molecule has 0 spiro atoms. The smallest absolute Gasteiger partial charge is 0.339 e. The summed E-state index contributed by atoms with van der Waals surface area (Å²) in [7, 11) is 1.33. The molecule has 0 saturated heterocycles. The monoisotopic (exact) mass is 288 g/mol. The van der Waals surface area contributed by atoms with Crippen molar-refractivity contribution in [3.05, 3.63) is 57.3 Å². The second-order valence-electron chi connectivity index (χ2n) is 4.39. The van der Waals surface area contributed by atoms with Crippen molar-refractivity contribution in [1.82, 2.24) is 0 Å². The highest BCUT2D eigenvalue weighted by Crippen LogP contribution is 2.25. The van der Waals surface area contributed by atoms with Gasteiger partial charge in [-0.25, -0.2) is 4.79 Å². The van der Waals surface area contributed by atoms with E-state index in [4.69, 9.17) is 4.74 Å². The average Bonchev–Trinajstić information content (AvgIpc) is 2.92. The first-order valence-corrected chi connectivity index (χ1v) is 7.25. The lowest BCUT2D eigenvalue weighted by molar-refractivity contribution is 0.0598. The molecule has 0 aliphatic rings. The van der Waals surface area contributed by atoms with Crippen LogP contribution in [0.15, 0.2) is 36.4 Å². The van der Waals surface area contributed by atoms with Gasteiger partial charge in [0.1, 0.15) is 0 Å². The van der Waals surface area contributed by atoms with Crippen molar-refractivity contribution in [2.75, 3.05) is 7.11 Å². The molecule has 0 bridgehead atoms. The number of methoxy groups -OCH3 is 1. The molecule has 104 valence electrons. The number of carbonyl (C=O) groups is 2. The fraction of sp³-hybridized carbons (Fsp3) is 0.250. The molecule has 2 aromatic rings. The zero-order chi connectivity index (χ0) is 14.5. The van der Waals surface area contributed by atoms with Gasteiger partial charge in [-0.2, -0.15) is 0 Å². The van der Waals surface area contributed by atoms with Crippen molar-refractivity contribution in [3.8, 4) is 0 Å². The van der Waals surface area contributed by atoms with Crippen LogP contribution >= 0.6 is 11.3 Å². The summed E-state index contributed by atoms with van der Waals surface area (Å²) in [6.07, 6.45) is 1.10. The van der Waals surface area contributed by atoms with Gasteiger partial charge in [0.25, 0.3) is 0 Å². The van der Waals surface area contributed by atoms with Crippen molar-refractivity contribution in [2.45, 2.75) is 19.8 Å². The SMILES string of the molecule is CCc1cc(C(=O)OC)c(C(=O)Cc2ccccc2)s1. The van der Waals surface area contributed by atoms with E-state index in [0.717, 1.165) is 16.9 Å². The molecular formula is C16H16O3S. The van der Waals surface area contributed by atoms with Crippen LogP contribution in [0.5, 0.6) is 0 Å². The van der Waals surface area contributed by atoms with E-state index < -0.39 is 5.97 Å². The molecule has 1 aromatic heterocycles. The van der Waals surface area contributed by atoms with Gasteiger partial charge in [0.05, 0.1) is 17.6 Å². The molecule has 0 saturated carbocycles. The Balaban J connectivity index is 2.29. The lowest BCUT2D eigenvalue weighted by Gasteiger charge is -2.02. The molecule has 0 radical (unpaired) electrons. The molecule has 0 unspecified atom stereocenters. The third kappa shape index (κ3) is 3.14. The summed E-state index contributed by atoms with van der Waals surface area (Å²) in [5, 5.41) is 0. The Kier molecular flexibility index (Phi) is 4.69. The molecule has 0 N–H and O–H groups in total. The van der Waals surface area contributed by atoms with Gasteiger partial charge >= 0.3 is 5.97 Å². The summed E-state index contributed by atoms with van der Waals surface area (Å²) >= 11 is 1.38. The number of rotatable bonds is 5. The largest absolute Gasteiger partial charge is 0.465 e. The molecule has 1 aromatic carbocycles. The van der Waals surface area contributed by atoms with E-state index >= 15 is 0 Å². The fourth-order valence-electron chi connectivity index (χ4n) is 1.95. The van der Waals surface area contributed by atoms with Gasteiger partial charge in [-0.1, -0.05) is 37.3 Å². The zero-order valence-electron chi connectivity index (χ0n) is 11.5. The van der Waals surface area contributed by atoms with Gasteiger partial charge in [-0.3, -0.25) is 4.79 Å². The van der Waals surface area contributed by atoms with E-state index in [9.17, 15) is 9.59 Å². The highest BCUT2D eigenvalue weighted by atomic mass is 32.1. The summed E-state index contributed by atoms with van der Waals surface area (Å²) in [6.45, 7) is 2.00. The Morgan fingerprint density at radius 2 is 1.90 bits per heavy atom.